The third kappa shape index (κ3) is 3.75. The Morgan fingerprint density at radius 1 is 1.13 bits per heavy atom. The molecule has 0 saturated heterocycles. The van der Waals surface area contributed by atoms with Gasteiger partial charge in [-0.05, 0) is 66.3 Å². The van der Waals surface area contributed by atoms with Gasteiger partial charge in [0.25, 0.3) is 5.91 Å². The first kappa shape index (κ1) is 19.9. The van der Waals surface area contributed by atoms with E-state index in [1.165, 1.54) is 34.1 Å². The Morgan fingerprint density at radius 3 is 2.61 bits per heavy atom. The molecule has 2 aliphatic rings. The van der Waals surface area contributed by atoms with Crippen molar-refractivity contribution in [1.82, 2.24) is 4.72 Å². The second kappa shape index (κ2) is 7.90. The maximum atomic E-state index is 11.9. The molecule has 0 fully saturated rings. The molecule has 31 heavy (non-hydrogen) atoms. The maximum absolute atomic E-state index is 11.9. The summed E-state index contributed by atoms with van der Waals surface area (Å²) >= 11 is 1.53. The second-order valence-electron chi connectivity index (χ2n) is 7.51. The van der Waals surface area contributed by atoms with E-state index in [9.17, 15) is 13.8 Å². The molecule has 1 aliphatic carbocycles. The number of thiophene rings is 1. The highest BCUT2D eigenvalue weighted by Gasteiger charge is 2.27. The summed E-state index contributed by atoms with van der Waals surface area (Å²) in [6.07, 6.45) is 3.12. The molecule has 2 heterocycles. The average Bonchev–Trinajstić information content (AvgIpc) is 3.47. The van der Waals surface area contributed by atoms with E-state index >= 15 is 0 Å². The lowest BCUT2D eigenvalue weighted by Crippen LogP contribution is -2.16. The molecule has 7 heteroatoms. The lowest BCUT2D eigenvalue weighted by atomic mass is 10.0. The van der Waals surface area contributed by atoms with Crippen molar-refractivity contribution in [2.75, 3.05) is 0 Å². The van der Waals surface area contributed by atoms with Crippen LogP contribution in [0.5, 0.6) is 5.75 Å². The minimum absolute atomic E-state index is 0.0453. The van der Waals surface area contributed by atoms with E-state index in [4.69, 9.17) is 4.74 Å². The number of rotatable bonds is 5. The van der Waals surface area contributed by atoms with Crippen LogP contribution in [0.3, 0.4) is 0 Å². The van der Waals surface area contributed by atoms with Crippen molar-refractivity contribution >= 4 is 38.9 Å². The summed E-state index contributed by atoms with van der Waals surface area (Å²) < 4.78 is 20.6. The van der Waals surface area contributed by atoms with Gasteiger partial charge in [-0.3, -0.25) is 14.3 Å². The van der Waals surface area contributed by atoms with Gasteiger partial charge >= 0.3 is 0 Å². The van der Waals surface area contributed by atoms with Crippen LogP contribution in [0.15, 0.2) is 60.7 Å². The third-order valence-electron chi connectivity index (χ3n) is 5.51. The predicted molar refractivity (Wildman–Crippen MR) is 122 cm³/mol. The van der Waals surface area contributed by atoms with Gasteiger partial charge in [0.15, 0.2) is 16.8 Å². The van der Waals surface area contributed by atoms with Crippen molar-refractivity contribution in [2.45, 2.75) is 25.9 Å². The van der Waals surface area contributed by atoms with E-state index in [0.29, 0.717) is 4.91 Å². The third-order valence-corrected chi connectivity index (χ3v) is 7.87. The Kier molecular flexibility index (Phi) is 5.08. The highest BCUT2D eigenvalue weighted by Crippen LogP contribution is 2.42. The fourth-order valence-electron chi connectivity index (χ4n) is 4.04. The summed E-state index contributed by atoms with van der Waals surface area (Å²) in [5.74, 6) is 0.477. The van der Waals surface area contributed by atoms with Gasteiger partial charge in [-0.1, -0.05) is 30.3 Å². The largest absolute Gasteiger partial charge is 0.486 e. The van der Waals surface area contributed by atoms with Gasteiger partial charge in [0.2, 0.25) is 0 Å². The minimum Gasteiger partial charge on any atom is -0.486 e. The summed E-state index contributed by atoms with van der Waals surface area (Å²) in [4.78, 5) is 25.4. The van der Waals surface area contributed by atoms with Crippen LogP contribution in [0.2, 0.25) is 0 Å². The number of hydrogen-bond acceptors (Lipinski definition) is 5. The molecular weight excluding hydrogens is 430 g/mol. The average molecular weight is 450 g/mol. The Labute approximate surface area is 186 Å². The molecule has 5 nitrogen and oxygen atoms in total. The number of fused-ring (bicyclic) bond motifs is 1. The monoisotopic (exact) mass is 449 g/mol. The molecule has 2 aromatic carbocycles. The van der Waals surface area contributed by atoms with E-state index in [-0.39, 0.29) is 17.8 Å². The highest BCUT2D eigenvalue weighted by atomic mass is 32.2. The van der Waals surface area contributed by atoms with Crippen LogP contribution in [0.25, 0.3) is 15.3 Å². The van der Waals surface area contributed by atoms with E-state index in [2.05, 4.69) is 16.9 Å². The molecule has 1 aliphatic heterocycles. The zero-order valence-corrected chi connectivity index (χ0v) is 18.3. The normalized spacial score (nSPS) is 19.6. The summed E-state index contributed by atoms with van der Waals surface area (Å²) in [5, 5.41) is 0. The molecule has 3 aromatic rings. The van der Waals surface area contributed by atoms with Gasteiger partial charge in [-0.2, -0.15) is 0 Å². The van der Waals surface area contributed by atoms with Gasteiger partial charge in [-0.25, -0.2) is 4.21 Å². The van der Waals surface area contributed by atoms with Gasteiger partial charge in [0.1, 0.15) is 11.9 Å². The fraction of sp³-hybridized carbons (Fsp3) is 0.167. The number of hydrogen-bond donors (Lipinski definition) is 1. The number of ketones is 1. The van der Waals surface area contributed by atoms with E-state index in [0.717, 1.165) is 33.9 Å². The SMILES string of the molecule is CC(=O)c1ccc(-c2cccc3c2CC[C@H]3Oc2ccc(C3=CC(=O)NS3=O)cc2)s1. The first-order valence-electron chi connectivity index (χ1n) is 9.94. The lowest BCUT2D eigenvalue weighted by Gasteiger charge is -2.16. The van der Waals surface area contributed by atoms with Crippen molar-refractivity contribution in [3.63, 3.8) is 0 Å². The van der Waals surface area contributed by atoms with Crippen molar-refractivity contribution in [1.29, 1.82) is 0 Å². The van der Waals surface area contributed by atoms with E-state index in [1.54, 1.807) is 6.92 Å². The van der Waals surface area contributed by atoms with Crippen LogP contribution in [-0.4, -0.2) is 15.9 Å². The van der Waals surface area contributed by atoms with E-state index < -0.39 is 11.0 Å². The van der Waals surface area contributed by atoms with Crippen LogP contribution < -0.4 is 9.46 Å². The fourth-order valence-corrected chi connectivity index (χ4v) is 5.91. The van der Waals surface area contributed by atoms with Gasteiger partial charge in [0.05, 0.1) is 9.78 Å². The molecule has 5 rings (SSSR count). The van der Waals surface area contributed by atoms with Crippen molar-refractivity contribution < 1.29 is 18.5 Å². The number of ether oxygens (including phenoxy) is 1. The summed E-state index contributed by atoms with van der Waals surface area (Å²) in [6, 6.07) is 17.5. The predicted octanol–water partition coefficient (Wildman–Crippen LogP) is 4.82. The molecule has 1 N–H and O–H groups in total. The summed E-state index contributed by atoms with van der Waals surface area (Å²) in [5.41, 5.74) is 4.35. The number of carbonyl (C=O) groups is 2. The molecule has 0 saturated carbocycles. The second-order valence-corrected chi connectivity index (χ2v) is 9.77. The molecular formula is C24H19NO4S2. The Balaban J connectivity index is 1.37. The van der Waals surface area contributed by atoms with Crippen molar-refractivity contribution in [3.05, 3.63) is 82.2 Å². The van der Waals surface area contributed by atoms with E-state index in [1.807, 2.05) is 42.5 Å². The van der Waals surface area contributed by atoms with Crippen LogP contribution in [0.1, 0.15) is 45.8 Å². The number of amides is 1. The first-order chi connectivity index (χ1) is 15.0. The Hall–Kier alpha value is -3.03. The maximum Gasteiger partial charge on any atom is 0.257 e. The van der Waals surface area contributed by atoms with Gasteiger partial charge in [-0.15, -0.1) is 11.3 Å². The number of nitrogens with one attached hydrogen (secondary N) is 1. The Bertz CT molecular complexity index is 1260. The highest BCUT2D eigenvalue weighted by molar-refractivity contribution is 7.93. The van der Waals surface area contributed by atoms with Crippen LogP contribution >= 0.6 is 11.3 Å². The zero-order chi connectivity index (χ0) is 21.5. The standard InChI is InChI=1S/C24H19NO4S2/c1-14(26)21-11-12-22(30-21)19-4-2-3-18-17(19)9-10-20(18)29-16-7-5-15(6-8-16)23-13-24(27)25-31(23)28/h2-8,11-13,20H,9-10H2,1H3,(H,25,27)/t20-,31?/m1/s1. The van der Waals surface area contributed by atoms with Crippen LogP contribution in [0, 0.1) is 0 Å². The molecule has 0 spiro atoms. The summed E-state index contributed by atoms with van der Waals surface area (Å²) in [7, 11) is -1.50. The zero-order valence-electron chi connectivity index (χ0n) is 16.7. The smallest absolute Gasteiger partial charge is 0.257 e. The van der Waals surface area contributed by atoms with Crippen LogP contribution in [-0.2, 0) is 22.2 Å². The first-order valence-corrected chi connectivity index (χ1v) is 11.9. The molecule has 0 bridgehead atoms. The van der Waals surface area contributed by atoms with Crippen molar-refractivity contribution in [2.24, 2.45) is 0 Å². The van der Waals surface area contributed by atoms with Crippen molar-refractivity contribution in [3.8, 4) is 16.2 Å². The lowest BCUT2D eigenvalue weighted by molar-refractivity contribution is -0.114. The number of benzene rings is 2. The molecule has 0 radical (unpaired) electrons. The van der Waals surface area contributed by atoms with Crippen LogP contribution in [0.4, 0.5) is 0 Å². The molecule has 2 atom stereocenters. The molecule has 156 valence electrons. The molecule has 1 aromatic heterocycles. The topological polar surface area (TPSA) is 72.5 Å². The van der Waals surface area contributed by atoms with Gasteiger partial charge < -0.3 is 4.74 Å². The summed E-state index contributed by atoms with van der Waals surface area (Å²) in [6.45, 7) is 1.59. The number of carbonyl (C=O) groups excluding carboxylic acids is 2. The quantitative estimate of drug-likeness (QED) is 0.567. The molecule has 1 unspecified atom stereocenters. The minimum atomic E-state index is -1.50. The van der Waals surface area contributed by atoms with Gasteiger partial charge in [0, 0.05) is 11.0 Å². The molecule has 1 amide bonds. The number of Topliss-reactive ketones (excluding diaryl/α,β-unsaturated/α-hetero) is 1. The Morgan fingerprint density at radius 2 is 1.94 bits per heavy atom.